The molecule has 2 aromatic carbocycles. The maximum absolute atomic E-state index is 8.92. The van der Waals surface area contributed by atoms with Gasteiger partial charge in [-0.1, -0.05) is 60.7 Å². The first kappa shape index (κ1) is 19.1. The molecule has 0 N–H and O–H groups in total. The highest BCUT2D eigenvalue weighted by Gasteiger charge is 2.15. The Hall–Kier alpha value is -4.19. The van der Waals surface area contributed by atoms with Gasteiger partial charge < -0.3 is 4.74 Å². The van der Waals surface area contributed by atoms with Crippen molar-refractivity contribution >= 4 is 35.0 Å². The van der Waals surface area contributed by atoms with E-state index < -0.39 is 0 Å². The molecule has 142 valence electrons. The standard InChI is InChI=1S/C25H15N3OS/c26-15-19(16-27)14-25-28-17-22(30-25)11-18-12-23(20-7-3-1-4-8-20)29-24(13-18)21-9-5-2-6-10-21/h1-14,17H. The second kappa shape index (κ2) is 8.87. The molecule has 30 heavy (non-hydrogen) atoms. The average Bonchev–Trinajstić information content (AvgIpc) is 3.25. The molecule has 0 spiro atoms. The van der Waals surface area contributed by atoms with E-state index >= 15 is 0 Å². The fraction of sp³-hybridized carbons (Fsp3) is 0. The molecular formula is C25H15N3OS. The summed E-state index contributed by atoms with van der Waals surface area (Å²) in [4.78, 5) is 5.21. The molecule has 0 atom stereocenters. The Balaban J connectivity index is 1.73. The largest absolute Gasteiger partial charge is 0.456 e. The van der Waals surface area contributed by atoms with Crippen molar-refractivity contribution in [3.8, 4) is 12.1 Å². The molecule has 2 heterocycles. The van der Waals surface area contributed by atoms with Crippen LogP contribution in [-0.2, 0) is 4.74 Å². The van der Waals surface area contributed by atoms with E-state index in [4.69, 9.17) is 15.3 Å². The van der Waals surface area contributed by atoms with Gasteiger partial charge in [-0.05, 0) is 23.8 Å². The van der Waals surface area contributed by atoms with Crippen molar-refractivity contribution in [2.24, 2.45) is 0 Å². The summed E-state index contributed by atoms with van der Waals surface area (Å²) in [7, 11) is 0. The van der Waals surface area contributed by atoms with Crippen LogP contribution < -0.4 is 0 Å². The quantitative estimate of drug-likeness (QED) is 0.494. The van der Waals surface area contributed by atoms with Crippen molar-refractivity contribution in [3.63, 3.8) is 0 Å². The summed E-state index contributed by atoms with van der Waals surface area (Å²) in [5, 5.41) is 18.5. The van der Waals surface area contributed by atoms with Crippen LogP contribution in [0.1, 0.15) is 21.0 Å². The lowest BCUT2D eigenvalue weighted by atomic mass is 10.0. The first-order valence-electron chi connectivity index (χ1n) is 9.16. The van der Waals surface area contributed by atoms with Gasteiger partial charge in [0.05, 0.1) is 0 Å². The van der Waals surface area contributed by atoms with Crippen LogP contribution in [0.5, 0.6) is 0 Å². The van der Waals surface area contributed by atoms with E-state index in [-0.39, 0.29) is 5.57 Å². The molecule has 4 nitrogen and oxygen atoms in total. The minimum absolute atomic E-state index is 0.0344. The molecule has 1 aliphatic heterocycles. The smallest absolute Gasteiger partial charge is 0.135 e. The number of thiazole rings is 1. The zero-order chi connectivity index (χ0) is 20.8. The molecule has 0 aliphatic carbocycles. The summed E-state index contributed by atoms with van der Waals surface area (Å²) in [5.41, 5.74) is 2.99. The maximum atomic E-state index is 8.92. The topological polar surface area (TPSA) is 69.7 Å². The number of nitriles is 2. The first-order valence-corrected chi connectivity index (χ1v) is 9.98. The van der Waals surface area contributed by atoms with Crippen molar-refractivity contribution in [1.29, 1.82) is 10.5 Å². The van der Waals surface area contributed by atoms with Crippen LogP contribution in [0.15, 0.2) is 90.2 Å². The van der Waals surface area contributed by atoms with Gasteiger partial charge in [0.25, 0.3) is 0 Å². The van der Waals surface area contributed by atoms with E-state index in [0.717, 1.165) is 33.1 Å². The summed E-state index contributed by atoms with van der Waals surface area (Å²) in [6.45, 7) is 0. The van der Waals surface area contributed by atoms with E-state index in [1.807, 2.05) is 91.0 Å². The van der Waals surface area contributed by atoms with Crippen LogP contribution in [0.2, 0.25) is 0 Å². The molecule has 0 unspecified atom stereocenters. The van der Waals surface area contributed by atoms with Crippen LogP contribution in [0, 0.1) is 22.7 Å². The van der Waals surface area contributed by atoms with Crippen molar-refractivity contribution < 1.29 is 4.74 Å². The SMILES string of the molecule is N#CC(C#N)=Cc1ncc(C=C2C=C(c3ccccc3)OC(c3ccccc3)=C2)s1. The number of benzene rings is 2. The number of nitrogens with zero attached hydrogens (tertiary/aromatic N) is 3. The van der Waals surface area contributed by atoms with Gasteiger partial charge in [-0.25, -0.2) is 4.98 Å². The molecule has 4 rings (SSSR count). The lowest BCUT2D eigenvalue weighted by Gasteiger charge is -2.19. The van der Waals surface area contributed by atoms with Crippen LogP contribution in [0.25, 0.3) is 23.7 Å². The molecular weight excluding hydrogens is 390 g/mol. The van der Waals surface area contributed by atoms with Crippen molar-refractivity contribution in [2.45, 2.75) is 0 Å². The number of aromatic nitrogens is 1. The Morgan fingerprint density at radius 3 is 1.97 bits per heavy atom. The molecule has 0 amide bonds. The number of rotatable bonds is 4. The maximum Gasteiger partial charge on any atom is 0.135 e. The van der Waals surface area contributed by atoms with Gasteiger partial charge in [0, 0.05) is 28.3 Å². The zero-order valence-electron chi connectivity index (χ0n) is 15.8. The third kappa shape index (κ3) is 4.44. The van der Waals surface area contributed by atoms with Crippen LogP contribution in [0.3, 0.4) is 0 Å². The van der Waals surface area contributed by atoms with Crippen molar-refractivity contribution in [2.75, 3.05) is 0 Å². The van der Waals surface area contributed by atoms with E-state index in [1.54, 1.807) is 6.20 Å². The van der Waals surface area contributed by atoms with Crippen LogP contribution in [-0.4, -0.2) is 4.98 Å². The van der Waals surface area contributed by atoms with Crippen LogP contribution in [0.4, 0.5) is 0 Å². The predicted molar refractivity (Wildman–Crippen MR) is 119 cm³/mol. The highest BCUT2D eigenvalue weighted by atomic mass is 32.1. The Morgan fingerprint density at radius 1 is 0.867 bits per heavy atom. The highest BCUT2D eigenvalue weighted by Crippen LogP contribution is 2.33. The minimum Gasteiger partial charge on any atom is -0.456 e. The summed E-state index contributed by atoms with van der Waals surface area (Å²) >= 11 is 1.41. The molecule has 1 aromatic heterocycles. The summed E-state index contributed by atoms with van der Waals surface area (Å²) in [6, 6.07) is 23.6. The average molecular weight is 405 g/mol. The number of ether oxygens (including phenoxy) is 1. The Morgan fingerprint density at radius 2 is 1.43 bits per heavy atom. The second-order valence-electron chi connectivity index (χ2n) is 6.38. The second-order valence-corrected chi connectivity index (χ2v) is 7.47. The third-order valence-corrected chi connectivity index (χ3v) is 5.18. The van der Waals surface area contributed by atoms with Crippen molar-refractivity contribution in [1.82, 2.24) is 4.98 Å². The molecule has 0 saturated heterocycles. The van der Waals surface area contributed by atoms with E-state index in [1.165, 1.54) is 17.4 Å². The molecule has 5 heteroatoms. The first-order chi connectivity index (χ1) is 14.7. The van der Waals surface area contributed by atoms with E-state index in [0.29, 0.717) is 5.01 Å². The minimum atomic E-state index is 0.0344. The van der Waals surface area contributed by atoms with Gasteiger partial charge in [-0.3, -0.25) is 0 Å². The zero-order valence-corrected chi connectivity index (χ0v) is 16.6. The van der Waals surface area contributed by atoms with Crippen molar-refractivity contribution in [3.05, 3.63) is 111 Å². The van der Waals surface area contributed by atoms with Crippen LogP contribution >= 0.6 is 11.3 Å². The summed E-state index contributed by atoms with van der Waals surface area (Å²) in [6.07, 6.45) is 9.23. The van der Waals surface area contributed by atoms with Gasteiger partial charge in [0.2, 0.25) is 0 Å². The van der Waals surface area contributed by atoms with Gasteiger partial charge in [0.1, 0.15) is 34.2 Å². The Labute approximate surface area is 178 Å². The monoisotopic (exact) mass is 405 g/mol. The summed E-state index contributed by atoms with van der Waals surface area (Å²) in [5.74, 6) is 1.54. The van der Waals surface area contributed by atoms with E-state index in [2.05, 4.69) is 4.98 Å². The number of hydrogen-bond acceptors (Lipinski definition) is 5. The summed E-state index contributed by atoms with van der Waals surface area (Å²) < 4.78 is 6.20. The lowest BCUT2D eigenvalue weighted by molar-refractivity contribution is 0.467. The van der Waals surface area contributed by atoms with Gasteiger partial charge in [0.15, 0.2) is 0 Å². The lowest BCUT2D eigenvalue weighted by Crippen LogP contribution is -1.99. The van der Waals surface area contributed by atoms with Gasteiger partial charge in [-0.15, -0.1) is 11.3 Å². The molecule has 0 radical (unpaired) electrons. The third-order valence-electron chi connectivity index (χ3n) is 4.29. The molecule has 1 aliphatic rings. The molecule has 0 saturated carbocycles. The normalized spacial score (nSPS) is 12.5. The van der Waals surface area contributed by atoms with Gasteiger partial charge >= 0.3 is 0 Å². The van der Waals surface area contributed by atoms with Gasteiger partial charge in [-0.2, -0.15) is 10.5 Å². The predicted octanol–water partition coefficient (Wildman–Crippen LogP) is 6.07. The number of hydrogen-bond donors (Lipinski definition) is 0. The Kier molecular flexibility index (Phi) is 5.66. The fourth-order valence-corrected chi connectivity index (χ4v) is 3.73. The Bertz CT molecular complexity index is 1190. The molecule has 0 bridgehead atoms. The highest BCUT2D eigenvalue weighted by molar-refractivity contribution is 7.13. The molecule has 0 fully saturated rings. The van der Waals surface area contributed by atoms with E-state index in [9.17, 15) is 0 Å². The fourth-order valence-electron chi connectivity index (χ4n) is 2.91. The number of allylic oxidation sites excluding steroid dienone is 4. The molecule has 3 aromatic rings.